The second-order valence-corrected chi connectivity index (χ2v) is 16.1. The molecule has 0 aliphatic heterocycles. The Kier molecular flexibility index (Phi) is 7.24. The van der Waals surface area contributed by atoms with Crippen LogP contribution in [0, 0.1) is 0 Å². The minimum atomic E-state index is -0.0252. The average molecular weight is 675 g/mol. The summed E-state index contributed by atoms with van der Waals surface area (Å²) >= 11 is 0. The van der Waals surface area contributed by atoms with Gasteiger partial charge in [0.25, 0.3) is 0 Å². The average Bonchev–Trinajstić information content (AvgIpc) is 3.69. The number of rotatable bonds is 4. The Morgan fingerprint density at radius 1 is 0.519 bits per heavy atom. The number of fused-ring (bicyclic) bond motifs is 6. The molecule has 0 bridgehead atoms. The van der Waals surface area contributed by atoms with E-state index in [1.807, 2.05) is 12.3 Å². The van der Waals surface area contributed by atoms with E-state index in [2.05, 4.69) is 178 Å². The third-order valence-corrected chi connectivity index (χ3v) is 10.5. The zero-order valence-corrected chi connectivity index (χ0v) is 30.6. The highest BCUT2D eigenvalue weighted by Crippen LogP contribution is 2.41. The van der Waals surface area contributed by atoms with E-state index in [-0.39, 0.29) is 10.8 Å². The van der Waals surface area contributed by atoms with E-state index in [1.54, 1.807) is 0 Å². The first-order valence-corrected chi connectivity index (χ1v) is 18.2. The monoisotopic (exact) mass is 674 g/mol. The van der Waals surface area contributed by atoms with Crippen molar-refractivity contribution in [3.05, 3.63) is 151 Å². The van der Waals surface area contributed by atoms with Crippen LogP contribution in [0.4, 0.5) is 0 Å². The molecule has 0 amide bonds. The number of aromatic nitrogens is 4. The van der Waals surface area contributed by atoms with Crippen molar-refractivity contribution in [2.75, 3.05) is 0 Å². The SMILES string of the molecule is CC(C)(C)c1ccc2[nH]c3c(-c4cccc(-c5cc(-c6ccccc6)cc(-n6c7ccccc7c7cccnc76)n5)c4)cc(C(C)(C)C)cc3c2c1. The fourth-order valence-electron chi connectivity index (χ4n) is 7.58. The van der Waals surface area contributed by atoms with E-state index in [9.17, 15) is 0 Å². The minimum Gasteiger partial charge on any atom is -0.354 e. The topological polar surface area (TPSA) is 46.5 Å². The number of H-pyrrole nitrogens is 1. The van der Waals surface area contributed by atoms with Crippen molar-refractivity contribution in [1.29, 1.82) is 0 Å². The quantitative estimate of drug-likeness (QED) is 0.202. The molecule has 0 aliphatic carbocycles. The van der Waals surface area contributed by atoms with Gasteiger partial charge in [-0.1, -0.05) is 114 Å². The lowest BCUT2D eigenvalue weighted by Crippen LogP contribution is -2.11. The number of hydrogen-bond acceptors (Lipinski definition) is 2. The maximum Gasteiger partial charge on any atom is 0.146 e. The van der Waals surface area contributed by atoms with Crippen molar-refractivity contribution >= 4 is 43.7 Å². The van der Waals surface area contributed by atoms with E-state index in [0.29, 0.717) is 0 Å². The Hall–Kier alpha value is -6.00. The van der Waals surface area contributed by atoms with Crippen molar-refractivity contribution in [1.82, 2.24) is 19.5 Å². The molecule has 9 aromatic rings. The number of nitrogens with one attached hydrogen (secondary N) is 1. The molecule has 0 radical (unpaired) electrons. The Bertz CT molecular complexity index is 2750. The van der Waals surface area contributed by atoms with Crippen LogP contribution in [-0.2, 0) is 10.8 Å². The maximum atomic E-state index is 5.41. The highest BCUT2D eigenvalue weighted by atomic mass is 15.1. The van der Waals surface area contributed by atoms with Gasteiger partial charge in [0.05, 0.1) is 16.7 Å². The van der Waals surface area contributed by atoms with Crippen molar-refractivity contribution in [2.45, 2.75) is 52.4 Å². The standard InChI is InChI=1S/C48H42N4/c1-47(2,3)34-21-22-41-39(27-34)40-29-35(48(4,5)6)28-38(45(40)51-41)31-16-12-17-32(24-31)42-25-33(30-14-8-7-9-15-30)26-44(50-42)52-43-20-11-10-18-36(43)37-19-13-23-49-46(37)52/h7-29,51H,1-6H3. The highest BCUT2D eigenvalue weighted by molar-refractivity contribution is 6.13. The summed E-state index contributed by atoms with van der Waals surface area (Å²) in [6.45, 7) is 13.7. The van der Waals surface area contributed by atoms with Gasteiger partial charge in [0.15, 0.2) is 0 Å². The molecule has 4 heterocycles. The Labute approximate surface area is 304 Å². The molecule has 0 atom stereocenters. The van der Waals surface area contributed by atoms with Gasteiger partial charge >= 0.3 is 0 Å². The van der Waals surface area contributed by atoms with E-state index in [4.69, 9.17) is 9.97 Å². The van der Waals surface area contributed by atoms with Crippen LogP contribution < -0.4 is 0 Å². The molecular formula is C48H42N4. The number of aromatic amines is 1. The number of benzene rings is 5. The molecule has 4 nitrogen and oxygen atoms in total. The summed E-state index contributed by atoms with van der Waals surface area (Å²) in [4.78, 5) is 14.1. The van der Waals surface area contributed by atoms with Crippen LogP contribution >= 0.6 is 0 Å². The second-order valence-electron chi connectivity index (χ2n) is 16.1. The molecular weight excluding hydrogens is 633 g/mol. The molecule has 0 spiro atoms. The van der Waals surface area contributed by atoms with Crippen LogP contribution in [0.25, 0.3) is 83.1 Å². The van der Waals surface area contributed by atoms with Gasteiger partial charge in [0.2, 0.25) is 0 Å². The first-order valence-electron chi connectivity index (χ1n) is 18.2. The van der Waals surface area contributed by atoms with E-state index in [0.717, 1.165) is 66.7 Å². The predicted molar refractivity (Wildman–Crippen MR) is 219 cm³/mol. The molecule has 1 N–H and O–H groups in total. The molecule has 4 heteroatoms. The van der Waals surface area contributed by atoms with Gasteiger partial charge in [0.1, 0.15) is 11.5 Å². The van der Waals surface area contributed by atoms with Gasteiger partial charge in [-0.05, 0) is 99.3 Å². The van der Waals surface area contributed by atoms with Gasteiger partial charge in [-0.2, -0.15) is 0 Å². The third-order valence-electron chi connectivity index (χ3n) is 10.5. The second kappa shape index (κ2) is 11.8. The number of hydrogen-bond donors (Lipinski definition) is 1. The first kappa shape index (κ1) is 31.9. The van der Waals surface area contributed by atoms with Crippen LogP contribution in [0.3, 0.4) is 0 Å². The summed E-state index contributed by atoms with van der Waals surface area (Å²) in [5.74, 6) is 0.842. The highest BCUT2D eigenvalue weighted by Gasteiger charge is 2.22. The third kappa shape index (κ3) is 5.38. The molecule has 9 rings (SSSR count). The first-order chi connectivity index (χ1) is 25.0. The summed E-state index contributed by atoms with van der Waals surface area (Å²) in [6.07, 6.45) is 1.86. The lowest BCUT2D eigenvalue weighted by molar-refractivity contribution is 0.590. The van der Waals surface area contributed by atoms with Crippen molar-refractivity contribution in [3.8, 4) is 39.3 Å². The largest absolute Gasteiger partial charge is 0.354 e. The molecule has 5 aromatic carbocycles. The Balaban J connectivity index is 1.27. The smallest absolute Gasteiger partial charge is 0.146 e. The fraction of sp³-hybridized carbons (Fsp3) is 0.167. The lowest BCUT2D eigenvalue weighted by atomic mass is 9.83. The molecule has 52 heavy (non-hydrogen) atoms. The zero-order chi connectivity index (χ0) is 35.8. The molecule has 0 saturated carbocycles. The molecule has 0 fully saturated rings. The van der Waals surface area contributed by atoms with Gasteiger partial charge < -0.3 is 4.98 Å². The molecule has 0 saturated heterocycles. The van der Waals surface area contributed by atoms with Crippen LogP contribution in [0.1, 0.15) is 52.7 Å². The van der Waals surface area contributed by atoms with Gasteiger partial charge in [0, 0.05) is 44.4 Å². The van der Waals surface area contributed by atoms with Crippen LogP contribution in [0.5, 0.6) is 0 Å². The normalized spacial score (nSPS) is 12.4. The zero-order valence-electron chi connectivity index (χ0n) is 30.6. The van der Waals surface area contributed by atoms with E-state index >= 15 is 0 Å². The summed E-state index contributed by atoms with van der Waals surface area (Å²) in [6, 6.07) is 48.2. The van der Waals surface area contributed by atoms with Crippen molar-refractivity contribution < 1.29 is 0 Å². The van der Waals surface area contributed by atoms with Crippen molar-refractivity contribution in [3.63, 3.8) is 0 Å². The minimum absolute atomic E-state index is 0.0252. The number of pyridine rings is 2. The lowest BCUT2D eigenvalue weighted by Gasteiger charge is -2.21. The molecule has 4 aromatic heterocycles. The number of para-hydroxylation sites is 1. The van der Waals surface area contributed by atoms with Gasteiger partial charge in [-0.15, -0.1) is 0 Å². The number of nitrogens with zero attached hydrogens (tertiary/aromatic N) is 3. The predicted octanol–water partition coefficient (Wildman–Crippen LogP) is 12.8. The van der Waals surface area contributed by atoms with Crippen LogP contribution in [-0.4, -0.2) is 19.5 Å². The van der Waals surface area contributed by atoms with Gasteiger partial charge in [-0.3, -0.25) is 4.57 Å². The Morgan fingerprint density at radius 3 is 2.04 bits per heavy atom. The fourth-order valence-corrected chi connectivity index (χ4v) is 7.58. The summed E-state index contributed by atoms with van der Waals surface area (Å²) in [5.41, 5.74) is 13.6. The van der Waals surface area contributed by atoms with Crippen LogP contribution in [0.2, 0.25) is 0 Å². The summed E-state index contributed by atoms with van der Waals surface area (Å²) < 4.78 is 2.21. The summed E-state index contributed by atoms with van der Waals surface area (Å²) in [7, 11) is 0. The van der Waals surface area contributed by atoms with Crippen LogP contribution in [0.15, 0.2) is 140 Å². The van der Waals surface area contributed by atoms with Crippen molar-refractivity contribution in [2.24, 2.45) is 0 Å². The maximum absolute atomic E-state index is 5.41. The Morgan fingerprint density at radius 2 is 1.23 bits per heavy atom. The molecule has 0 aliphatic rings. The van der Waals surface area contributed by atoms with E-state index < -0.39 is 0 Å². The summed E-state index contributed by atoms with van der Waals surface area (Å²) in [5, 5.41) is 4.81. The van der Waals surface area contributed by atoms with Gasteiger partial charge in [-0.25, -0.2) is 9.97 Å². The molecule has 254 valence electrons. The molecule has 0 unspecified atom stereocenters. The van der Waals surface area contributed by atoms with E-state index in [1.165, 1.54) is 27.5 Å².